The van der Waals surface area contributed by atoms with Crippen LogP contribution in [-0.2, 0) is 19.4 Å². The van der Waals surface area contributed by atoms with Crippen molar-refractivity contribution < 1.29 is 0 Å². The maximum Gasteiger partial charge on any atom is 0.109 e. The fourth-order valence-electron chi connectivity index (χ4n) is 2.81. The Balaban J connectivity index is 1.76. The zero-order valence-electron chi connectivity index (χ0n) is 9.21. The quantitative estimate of drug-likeness (QED) is 0.790. The predicted molar refractivity (Wildman–Crippen MR) is 59.8 cm³/mol. The minimum Gasteiger partial charge on any atom is -0.332 e. The van der Waals surface area contributed by atoms with E-state index < -0.39 is 0 Å². The first kappa shape index (κ1) is 9.40. The maximum atomic E-state index is 4.60. The standard InChI is InChI=1S/C12H19N3/c1-2-6-15-11(3-1)9-14-12(15)7-10-4-5-13-8-10/h9-10,13H,1-8H2. The zero-order chi connectivity index (χ0) is 10.1. The Kier molecular flexibility index (Phi) is 2.49. The largest absolute Gasteiger partial charge is 0.332 e. The summed E-state index contributed by atoms with van der Waals surface area (Å²) in [5, 5.41) is 3.43. The first-order chi connectivity index (χ1) is 7.43. The zero-order valence-corrected chi connectivity index (χ0v) is 9.21. The van der Waals surface area contributed by atoms with E-state index in [0.717, 1.165) is 5.92 Å². The smallest absolute Gasteiger partial charge is 0.109 e. The van der Waals surface area contributed by atoms with E-state index in [9.17, 15) is 0 Å². The Labute approximate surface area is 90.9 Å². The van der Waals surface area contributed by atoms with Crippen molar-refractivity contribution in [2.45, 2.75) is 38.6 Å². The van der Waals surface area contributed by atoms with E-state index in [1.165, 1.54) is 63.3 Å². The second-order valence-corrected chi connectivity index (χ2v) is 4.84. The van der Waals surface area contributed by atoms with E-state index in [2.05, 4.69) is 21.1 Å². The molecular formula is C12H19N3. The Morgan fingerprint density at radius 1 is 1.47 bits per heavy atom. The van der Waals surface area contributed by atoms with Gasteiger partial charge in [0.25, 0.3) is 0 Å². The molecule has 1 N–H and O–H groups in total. The third kappa shape index (κ3) is 1.81. The number of imidazole rings is 1. The summed E-state index contributed by atoms with van der Waals surface area (Å²) in [7, 11) is 0. The van der Waals surface area contributed by atoms with Gasteiger partial charge in [0, 0.05) is 24.9 Å². The Hall–Kier alpha value is -0.830. The molecule has 1 unspecified atom stereocenters. The summed E-state index contributed by atoms with van der Waals surface area (Å²) >= 11 is 0. The number of nitrogens with zero attached hydrogens (tertiary/aromatic N) is 2. The fraction of sp³-hybridized carbons (Fsp3) is 0.750. The van der Waals surface area contributed by atoms with E-state index in [1.54, 1.807) is 0 Å². The van der Waals surface area contributed by atoms with Crippen LogP contribution < -0.4 is 5.32 Å². The molecular weight excluding hydrogens is 186 g/mol. The molecule has 2 aliphatic heterocycles. The highest BCUT2D eigenvalue weighted by molar-refractivity contribution is 5.08. The molecule has 3 nitrogen and oxygen atoms in total. The van der Waals surface area contributed by atoms with E-state index in [0.29, 0.717) is 0 Å². The van der Waals surface area contributed by atoms with Crippen LogP contribution in [0.5, 0.6) is 0 Å². The molecule has 0 aromatic carbocycles. The van der Waals surface area contributed by atoms with Crippen molar-refractivity contribution in [2.24, 2.45) is 5.92 Å². The van der Waals surface area contributed by atoms with E-state index in [-0.39, 0.29) is 0 Å². The molecule has 0 bridgehead atoms. The normalized spacial score (nSPS) is 25.5. The second kappa shape index (κ2) is 3.97. The van der Waals surface area contributed by atoms with Gasteiger partial charge in [0.1, 0.15) is 5.82 Å². The highest BCUT2D eigenvalue weighted by Gasteiger charge is 2.20. The lowest BCUT2D eigenvalue weighted by Gasteiger charge is -2.17. The van der Waals surface area contributed by atoms with Gasteiger partial charge in [-0.3, -0.25) is 0 Å². The van der Waals surface area contributed by atoms with E-state index >= 15 is 0 Å². The molecule has 3 rings (SSSR count). The van der Waals surface area contributed by atoms with Gasteiger partial charge in [-0.1, -0.05) is 0 Å². The fourth-order valence-corrected chi connectivity index (χ4v) is 2.81. The van der Waals surface area contributed by atoms with Crippen LogP contribution in [-0.4, -0.2) is 22.6 Å². The summed E-state index contributed by atoms with van der Waals surface area (Å²) in [5.41, 5.74) is 1.46. The highest BCUT2D eigenvalue weighted by atomic mass is 15.1. The van der Waals surface area contributed by atoms with Crippen molar-refractivity contribution in [3.8, 4) is 0 Å². The molecule has 3 heteroatoms. The lowest BCUT2D eigenvalue weighted by atomic mass is 10.0. The molecule has 1 fully saturated rings. The summed E-state index contributed by atoms with van der Waals surface area (Å²) in [6, 6.07) is 0. The minimum absolute atomic E-state index is 0.818. The van der Waals surface area contributed by atoms with Crippen molar-refractivity contribution >= 4 is 0 Å². The molecule has 2 aliphatic rings. The number of hydrogen-bond donors (Lipinski definition) is 1. The van der Waals surface area contributed by atoms with Crippen molar-refractivity contribution in [1.29, 1.82) is 0 Å². The number of aromatic nitrogens is 2. The molecule has 82 valence electrons. The lowest BCUT2D eigenvalue weighted by Crippen LogP contribution is -2.17. The molecule has 1 atom stereocenters. The second-order valence-electron chi connectivity index (χ2n) is 4.84. The van der Waals surface area contributed by atoms with E-state index in [4.69, 9.17) is 0 Å². The minimum atomic E-state index is 0.818. The average molecular weight is 205 g/mol. The number of nitrogens with one attached hydrogen (secondary N) is 1. The third-order valence-electron chi connectivity index (χ3n) is 3.72. The summed E-state index contributed by atoms with van der Waals surface area (Å²) in [4.78, 5) is 4.60. The lowest BCUT2D eigenvalue weighted by molar-refractivity contribution is 0.484. The van der Waals surface area contributed by atoms with Crippen LogP contribution in [0.3, 0.4) is 0 Å². The summed E-state index contributed by atoms with van der Waals surface area (Å²) in [6.45, 7) is 3.57. The molecule has 1 aromatic heterocycles. The van der Waals surface area contributed by atoms with Gasteiger partial charge in [-0.25, -0.2) is 4.98 Å². The maximum absolute atomic E-state index is 4.60. The first-order valence-electron chi connectivity index (χ1n) is 6.17. The van der Waals surface area contributed by atoms with Gasteiger partial charge >= 0.3 is 0 Å². The number of fused-ring (bicyclic) bond motifs is 1. The van der Waals surface area contributed by atoms with Gasteiger partial charge in [-0.2, -0.15) is 0 Å². The molecule has 15 heavy (non-hydrogen) atoms. The predicted octanol–water partition coefficient (Wildman–Crippen LogP) is 1.37. The van der Waals surface area contributed by atoms with Crippen molar-refractivity contribution in [3.63, 3.8) is 0 Å². The number of rotatable bonds is 2. The highest BCUT2D eigenvalue weighted by Crippen LogP contribution is 2.20. The summed E-state index contributed by atoms with van der Waals surface area (Å²) in [5.74, 6) is 2.15. The number of aryl methyl sites for hydroxylation is 1. The van der Waals surface area contributed by atoms with Gasteiger partial charge < -0.3 is 9.88 Å². The van der Waals surface area contributed by atoms with Gasteiger partial charge in [0.05, 0.1) is 0 Å². The van der Waals surface area contributed by atoms with Crippen LogP contribution in [0.1, 0.15) is 30.8 Å². The third-order valence-corrected chi connectivity index (χ3v) is 3.72. The Morgan fingerprint density at radius 3 is 3.33 bits per heavy atom. The topological polar surface area (TPSA) is 29.9 Å². The molecule has 0 radical (unpaired) electrons. The molecule has 0 saturated carbocycles. The molecule has 0 aliphatic carbocycles. The molecule has 0 amide bonds. The van der Waals surface area contributed by atoms with Gasteiger partial charge in [-0.05, 0) is 44.7 Å². The number of hydrogen-bond acceptors (Lipinski definition) is 2. The van der Waals surface area contributed by atoms with E-state index in [1.807, 2.05) is 0 Å². The van der Waals surface area contributed by atoms with Gasteiger partial charge in [0.2, 0.25) is 0 Å². The molecule has 0 spiro atoms. The molecule has 1 saturated heterocycles. The van der Waals surface area contributed by atoms with Crippen LogP contribution in [0.15, 0.2) is 6.20 Å². The van der Waals surface area contributed by atoms with Crippen molar-refractivity contribution in [3.05, 3.63) is 17.7 Å². The summed E-state index contributed by atoms with van der Waals surface area (Å²) in [6.07, 6.45) is 8.50. The Bertz CT molecular complexity index is 337. The van der Waals surface area contributed by atoms with Crippen LogP contribution in [0.4, 0.5) is 0 Å². The average Bonchev–Trinajstić information content (AvgIpc) is 2.89. The van der Waals surface area contributed by atoms with Crippen LogP contribution in [0, 0.1) is 5.92 Å². The molecule has 3 heterocycles. The molecule has 1 aromatic rings. The van der Waals surface area contributed by atoms with Crippen LogP contribution in [0.25, 0.3) is 0 Å². The van der Waals surface area contributed by atoms with Gasteiger partial charge in [-0.15, -0.1) is 0 Å². The van der Waals surface area contributed by atoms with Gasteiger partial charge in [0.15, 0.2) is 0 Å². The van der Waals surface area contributed by atoms with Crippen molar-refractivity contribution in [2.75, 3.05) is 13.1 Å². The van der Waals surface area contributed by atoms with Crippen molar-refractivity contribution in [1.82, 2.24) is 14.9 Å². The van der Waals surface area contributed by atoms with Crippen LogP contribution >= 0.6 is 0 Å². The first-order valence-corrected chi connectivity index (χ1v) is 6.17. The summed E-state index contributed by atoms with van der Waals surface area (Å²) < 4.78 is 2.46. The monoisotopic (exact) mass is 205 g/mol. The van der Waals surface area contributed by atoms with Crippen LogP contribution in [0.2, 0.25) is 0 Å². The Morgan fingerprint density at radius 2 is 2.47 bits per heavy atom. The SMILES string of the molecule is c1nc(CC2CCNC2)n2c1CCCC2.